The predicted molar refractivity (Wildman–Crippen MR) is 99.1 cm³/mol. The lowest BCUT2D eigenvalue weighted by Gasteiger charge is -2.10. The summed E-state index contributed by atoms with van der Waals surface area (Å²) in [6.07, 6.45) is 1.05. The minimum absolute atomic E-state index is 0.0156. The van der Waals surface area contributed by atoms with E-state index in [1.165, 1.54) is 0 Å². The average Bonchev–Trinajstić information content (AvgIpc) is 2.69. The number of benzene rings is 2. The first kappa shape index (κ1) is 19.4. The molecule has 0 atom stereocenters. The van der Waals surface area contributed by atoms with Gasteiger partial charge in [0, 0.05) is 13.0 Å². The summed E-state index contributed by atoms with van der Waals surface area (Å²) in [6.45, 7) is 0.925. The second-order valence-corrected chi connectivity index (χ2v) is 5.59. The van der Waals surface area contributed by atoms with Gasteiger partial charge in [-0.25, -0.2) is 0 Å². The third-order valence-corrected chi connectivity index (χ3v) is 3.81. The number of hydrogen-bond acceptors (Lipinski definition) is 5. The number of hydrogen-bond donors (Lipinski definition) is 1. The zero-order chi connectivity index (χ0) is 18.8. The molecule has 6 heteroatoms. The van der Waals surface area contributed by atoms with Gasteiger partial charge in [0.1, 0.15) is 11.5 Å². The van der Waals surface area contributed by atoms with Crippen LogP contribution in [0.5, 0.6) is 23.0 Å². The van der Waals surface area contributed by atoms with Gasteiger partial charge in [0.2, 0.25) is 5.91 Å². The van der Waals surface area contributed by atoms with Crippen molar-refractivity contribution < 1.29 is 23.7 Å². The molecule has 140 valence electrons. The number of amides is 1. The van der Waals surface area contributed by atoms with Gasteiger partial charge in [0.25, 0.3) is 0 Å². The van der Waals surface area contributed by atoms with E-state index in [0.717, 1.165) is 17.1 Å². The second-order valence-electron chi connectivity index (χ2n) is 5.59. The molecule has 0 aromatic heterocycles. The Bertz CT molecular complexity index is 700. The standard InChI is InChI=1S/C20H25NO5/c1-23-16-7-9-17(10-8-16)26-12-4-5-20(22)21-14-15-6-11-18(24-2)19(13-15)25-3/h6-11,13H,4-5,12,14H2,1-3H3,(H,21,22). The van der Waals surface area contributed by atoms with Crippen LogP contribution in [0.25, 0.3) is 0 Å². The lowest BCUT2D eigenvalue weighted by atomic mass is 10.2. The first-order valence-electron chi connectivity index (χ1n) is 8.40. The number of carbonyl (C=O) groups is 1. The number of rotatable bonds is 10. The van der Waals surface area contributed by atoms with Crippen LogP contribution in [0.15, 0.2) is 42.5 Å². The van der Waals surface area contributed by atoms with Crippen molar-refractivity contribution in [3.63, 3.8) is 0 Å². The molecule has 0 unspecified atom stereocenters. The lowest BCUT2D eigenvalue weighted by Crippen LogP contribution is -2.23. The van der Waals surface area contributed by atoms with Gasteiger partial charge in [0.05, 0.1) is 27.9 Å². The first-order chi connectivity index (χ1) is 12.7. The third kappa shape index (κ3) is 5.88. The maximum atomic E-state index is 11.9. The van der Waals surface area contributed by atoms with Crippen molar-refractivity contribution >= 4 is 5.91 Å². The van der Waals surface area contributed by atoms with E-state index in [1.54, 1.807) is 21.3 Å². The molecule has 26 heavy (non-hydrogen) atoms. The smallest absolute Gasteiger partial charge is 0.220 e. The van der Waals surface area contributed by atoms with Gasteiger partial charge in [-0.05, 0) is 48.4 Å². The first-order valence-corrected chi connectivity index (χ1v) is 8.40. The summed E-state index contributed by atoms with van der Waals surface area (Å²) in [5.74, 6) is 2.84. The molecular formula is C20H25NO5. The molecule has 0 aliphatic rings. The molecule has 0 heterocycles. The molecule has 1 amide bonds. The van der Waals surface area contributed by atoms with Crippen LogP contribution in [0.4, 0.5) is 0 Å². The Morgan fingerprint density at radius 1 is 0.885 bits per heavy atom. The Kier molecular flexibility index (Phi) is 7.61. The van der Waals surface area contributed by atoms with Gasteiger partial charge in [-0.15, -0.1) is 0 Å². The van der Waals surface area contributed by atoms with Crippen LogP contribution in [-0.2, 0) is 11.3 Å². The highest BCUT2D eigenvalue weighted by molar-refractivity contribution is 5.75. The van der Waals surface area contributed by atoms with Gasteiger partial charge in [-0.1, -0.05) is 6.07 Å². The van der Waals surface area contributed by atoms with E-state index < -0.39 is 0 Å². The van der Waals surface area contributed by atoms with E-state index in [9.17, 15) is 4.79 Å². The van der Waals surface area contributed by atoms with Gasteiger partial charge < -0.3 is 24.3 Å². The highest BCUT2D eigenvalue weighted by Crippen LogP contribution is 2.27. The molecule has 2 aromatic rings. The molecule has 0 fully saturated rings. The fraction of sp³-hybridized carbons (Fsp3) is 0.350. The largest absolute Gasteiger partial charge is 0.497 e. The third-order valence-electron chi connectivity index (χ3n) is 3.81. The molecule has 0 aliphatic carbocycles. The Hall–Kier alpha value is -2.89. The van der Waals surface area contributed by atoms with Crippen LogP contribution < -0.4 is 24.3 Å². The minimum Gasteiger partial charge on any atom is -0.497 e. The van der Waals surface area contributed by atoms with Crippen molar-refractivity contribution in [2.45, 2.75) is 19.4 Å². The topological polar surface area (TPSA) is 66.0 Å². The Balaban J connectivity index is 1.68. The quantitative estimate of drug-likeness (QED) is 0.660. The van der Waals surface area contributed by atoms with E-state index in [1.807, 2.05) is 42.5 Å². The monoisotopic (exact) mass is 359 g/mol. The zero-order valence-corrected chi connectivity index (χ0v) is 15.4. The molecule has 1 N–H and O–H groups in total. The summed E-state index contributed by atoms with van der Waals surface area (Å²) >= 11 is 0. The molecule has 0 radical (unpaired) electrons. The SMILES string of the molecule is COc1ccc(OCCCC(=O)NCc2ccc(OC)c(OC)c2)cc1. The van der Waals surface area contributed by atoms with E-state index in [2.05, 4.69) is 5.32 Å². The summed E-state index contributed by atoms with van der Waals surface area (Å²) in [4.78, 5) is 11.9. The number of carbonyl (C=O) groups excluding carboxylic acids is 1. The summed E-state index contributed by atoms with van der Waals surface area (Å²) in [6, 6.07) is 12.9. The minimum atomic E-state index is -0.0156. The van der Waals surface area contributed by atoms with E-state index in [0.29, 0.717) is 37.5 Å². The fourth-order valence-electron chi connectivity index (χ4n) is 2.37. The highest BCUT2D eigenvalue weighted by atomic mass is 16.5. The van der Waals surface area contributed by atoms with Gasteiger partial charge in [0.15, 0.2) is 11.5 Å². The van der Waals surface area contributed by atoms with E-state index in [-0.39, 0.29) is 5.91 Å². The molecule has 2 aromatic carbocycles. The van der Waals surface area contributed by atoms with Crippen molar-refractivity contribution in [3.8, 4) is 23.0 Å². The zero-order valence-electron chi connectivity index (χ0n) is 15.4. The molecule has 0 saturated heterocycles. The van der Waals surface area contributed by atoms with Crippen LogP contribution in [-0.4, -0.2) is 33.8 Å². The second kappa shape index (κ2) is 10.2. The van der Waals surface area contributed by atoms with Crippen molar-refractivity contribution in [2.75, 3.05) is 27.9 Å². The van der Waals surface area contributed by atoms with Crippen LogP contribution in [0.2, 0.25) is 0 Å². The average molecular weight is 359 g/mol. The summed E-state index contributed by atoms with van der Waals surface area (Å²) in [7, 11) is 4.80. The van der Waals surface area contributed by atoms with E-state index in [4.69, 9.17) is 18.9 Å². The van der Waals surface area contributed by atoms with Gasteiger partial charge in [-0.3, -0.25) is 4.79 Å². The van der Waals surface area contributed by atoms with Crippen LogP contribution in [0.3, 0.4) is 0 Å². The normalized spacial score (nSPS) is 10.1. The molecule has 0 bridgehead atoms. The number of methoxy groups -OCH3 is 3. The summed E-state index contributed by atoms with van der Waals surface area (Å²) < 4.78 is 21.2. The maximum absolute atomic E-state index is 11.9. The van der Waals surface area contributed by atoms with Crippen LogP contribution >= 0.6 is 0 Å². The molecule has 0 spiro atoms. The number of ether oxygens (including phenoxy) is 4. The van der Waals surface area contributed by atoms with Crippen LogP contribution in [0, 0.1) is 0 Å². The van der Waals surface area contributed by atoms with Gasteiger partial charge in [-0.2, -0.15) is 0 Å². The van der Waals surface area contributed by atoms with Crippen molar-refractivity contribution in [2.24, 2.45) is 0 Å². The predicted octanol–water partition coefficient (Wildman–Crippen LogP) is 3.19. The molecule has 6 nitrogen and oxygen atoms in total. The Morgan fingerprint density at radius 2 is 1.58 bits per heavy atom. The Labute approximate surface area is 154 Å². The summed E-state index contributed by atoms with van der Waals surface area (Å²) in [5, 5.41) is 2.89. The number of nitrogens with one attached hydrogen (secondary N) is 1. The van der Waals surface area contributed by atoms with Gasteiger partial charge >= 0.3 is 0 Å². The lowest BCUT2D eigenvalue weighted by molar-refractivity contribution is -0.121. The Morgan fingerprint density at radius 3 is 2.23 bits per heavy atom. The molecule has 0 saturated carbocycles. The van der Waals surface area contributed by atoms with Crippen molar-refractivity contribution in [1.82, 2.24) is 5.32 Å². The summed E-state index contributed by atoms with van der Waals surface area (Å²) in [5.41, 5.74) is 0.950. The van der Waals surface area contributed by atoms with Crippen LogP contribution in [0.1, 0.15) is 18.4 Å². The molecular weight excluding hydrogens is 334 g/mol. The molecule has 0 aliphatic heterocycles. The molecule has 2 rings (SSSR count). The maximum Gasteiger partial charge on any atom is 0.220 e. The van der Waals surface area contributed by atoms with Crippen molar-refractivity contribution in [3.05, 3.63) is 48.0 Å². The van der Waals surface area contributed by atoms with E-state index >= 15 is 0 Å². The van der Waals surface area contributed by atoms with Crippen molar-refractivity contribution in [1.29, 1.82) is 0 Å². The highest BCUT2D eigenvalue weighted by Gasteiger charge is 2.06. The fourth-order valence-corrected chi connectivity index (χ4v) is 2.37.